The molecule has 0 saturated carbocycles. The first kappa shape index (κ1) is 32.1. The zero-order valence-electron chi connectivity index (χ0n) is 20.2. The first-order valence-corrected chi connectivity index (χ1v) is 11.0. The molecule has 0 aromatic heterocycles. The van der Waals surface area contributed by atoms with Gasteiger partial charge in [0, 0.05) is 18.2 Å². The van der Waals surface area contributed by atoms with Crippen molar-refractivity contribution >= 4 is 11.4 Å². The second-order valence-electron chi connectivity index (χ2n) is 8.55. The molecule has 6 N–H and O–H groups in total. The summed E-state index contributed by atoms with van der Waals surface area (Å²) in [5, 5.41) is 19.5. The van der Waals surface area contributed by atoms with Crippen LogP contribution in [0.3, 0.4) is 0 Å². The summed E-state index contributed by atoms with van der Waals surface area (Å²) in [6.07, 6.45) is -21.5. The van der Waals surface area contributed by atoms with E-state index in [1.807, 2.05) is 0 Å². The van der Waals surface area contributed by atoms with Gasteiger partial charge in [-0.3, -0.25) is 0 Å². The molecular formula is C24H16F12N2O4. The van der Waals surface area contributed by atoms with Crippen LogP contribution in [0, 0.1) is 0 Å². The maximum atomic E-state index is 14.3. The zero-order chi connectivity index (χ0) is 32.0. The molecule has 0 spiro atoms. The highest BCUT2D eigenvalue weighted by Gasteiger charge is 2.60. The van der Waals surface area contributed by atoms with Gasteiger partial charge in [0.25, 0.3) is 12.3 Å². The lowest BCUT2D eigenvalue weighted by molar-refractivity contribution is -0.249. The maximum Gasteiger partial charge on any atom is 0.426 e. The highest BCUT2D eigenvalue weighted by atomic mass is 19.4. The second-order valence-corrected chi connectivity index (χ2v) is 8.55. The number of anilines is 2. The van der Waals surface area contributed by atoms with Crippen LogP contribution in [0.2, 0.25) is 0 Å². The number of phenolic OH excluding ortho intramolecular Hbond substituents is 2. The van der Waals surface area contributed by atoms with Crippen LogP contribution in [-0.4, -0.2) is 34.9 Å². The molecule has 0 saturated heterocycles. The number of hydrogen-bond donors (Lipinski definition) is 4. The Bertz CT molecular complexity index is 1360. The van der Waals surface area contributed by atoms with Gasteiger partial charge in [-0.25, -0.2) is 8.78 Å². The molecule has 3 aromatic rings. The summed E-state index contributed by atoms with van der Waals surface area (Å²) in [6, 6.07) is 5.95. The molecule has 18 heteroatoms. The average molecular weight is 624 g/mol. The molecule has 0 aliphatic rings. The lowest BCUT2D eigenvalue weighted by Gasteiger charge is -2.24. The minimum Gasteiger partial charge on any atom is -0.505 e. The molecule has 0 bridgehead atoms. The van der Waals surface area contributed by atoms with Gasteiger partial charge in [0.15, 0.2) is 0 Å². The Morgan fingerprint density at radius 3 is 1.19 bits per heavy atom. The molecule has 6 nitrogen and oxygen atoms in total. The van der Waals surface area contributed by atoms with Crippen LogP contribution >= 0.6 is 0 Å². The smallest absolute Gasteiger partial charge is 0.426 e. The standard InChI is InChI=1S/C24H16F12N2O4/c25-19(23(31,32)33)21(27,28)13-5-11(7-15(37)17(13)39)41-9-2-1-3-10(4-9)42-12-6-14(18(40)16(38)8-12)22(29,30)20(26)24(34,35)36/h1-8,19-20,39-40H,37-38H2. The highest BCUT2D eigenvalue weighted by Crippen LogP contribution is 2.49. The summed E-state index contributed by atoms with van der Waals surface area (Å²) in [7, 11) is 0. The van der Waals surface area contributed by atoms with E-state index in [1.165, 1.54) is 0 Å². The van der Waals surface area contributed by atoms with Gasteiger partial charge >= 0.3 is 24.2 Å². The van der Waals surface area contributed by atoms with Crippen molar-refractivity contribution in [2.24, 2.45) is 0 Å². The van der Waals surface area contributed by atoms with Gasteiger partial charge in [-0.1, -0.05) is 6.07 Å². The lowest BCUT2D eigenvalue weighted by Crippen LogP contribution is -2.39. The first-order chi connectivity index (χ1) is 19.1. The van der Waals surface area contributed by atoms with Gasteiger partial charge in [0.05, 0.1) is 22.5 Å². The molecule has 0 aliphatic heterocycles. The number of benzene rings is 3. The van der Waals surface area contributed by atoms with Gasteiger partial charge in [0.2, 0.25) is 0 Å². The van der Waals surface area contributed by atoms with Crippen LogP contribution in [0.4, 0.5) is 64.1 Å². The van der Waals surface area contributed by atoms with Crippen molar-refractivity contribution in [1.82, 2.24) is 0 Å². The number of phenols is 2. The Morgan fingerprint density at radius 2 is 0.881 bits per heavy atom. The van der Waals surface area contributed by atoms with Gasteiger partial charge in [-0.2, -0.15) is 43.9 Å². The molecule has 0 radical (unpaired) electrons. The summed E-state index contributed by atoms with van der Waals surface area (Å²) < 4.78 is 170. The molecule has 0 fully saturated rings. The monoisotopic (exact) mass is 624 g/mol. The number of nitrogens with two attached hydrogens (primary N) is 2. The van der Waals surface area contributed by atoms with Crippen molar-refractivity contribution in [3.8, 4) is 34.5 Å². The quantitative estimate of drug-likeness (QED) is 0.116. The number of ether oxygens (including phenoxy) is 2. The van der Waals surface area contributed by atoms with E-state index >= 15 is 0 Å². The molecule has 0 amide bonds. The molecular weight excluding hydrogens is 608 g/mol. The van der Waals surface area contributed by atoms with Gasteiger partial charge in [-0.15, -0.1) is 0 Å². The largest absolute Gasteiger partial charge is 0.505 e. The predicted octanol–water partition coefficient (Wildman–Crippen LogP) is 7.83. The molecule has 42 heavy (non-hydrogen) atoms. The van der Waals surface area contributed by atoms with Crippen LogP contribution < -0.4 is 20.9 Å². The van der Waals surface area contributed by atoms with E-state index in [0.717, 1.165) is 24.3 Å². The number of alkyl halides is 12. The fourth-order valence-corrected chi connectivity index (χ4v) is 3.44. The molecule has 3 rings (SSSR count). The van der Waals surface area contributed by atoms with Crippen LogP contribution in [0.15, 0.2) is 48.5 Å². The maximum absolute atomic E-state index is 14.3. The Balaban J connectivity index is 1.95. The third-order valence-electron chi connectivity index (χ3n) is 5.43. The lowest BCUT2D eigenvalue weighted by atomic mass is 10.0. The molecule has 2 atom stereocenters. The predicted molar refractivity (Wildman–Crippen MR) is 121 cm³/mol. The van der Waals surface area contributed by atoms with E-state index in [-0.39, 0.29) is 23.6 Å². The molecule has 2 unspecified atom stereocenters. The van der Waals surface area contributed by atoms with Crippen molar-refractivity contribution in [2.45, 2.75) is 36.5 Å². The molecule has 3 aromatic carbocycles. The Kier molecular flexibility index (Phi) is 8.26. The van der Waals surface area contributed by atoms with Crippen LogP contribution in [0.5, 0.6) is 34.5 Å². The Labute approximate surface area is 226 Å². The number of aromatic hydroxyl groups is 2. The Morgan fingerprint density at radius 1 is 0.548 bits per heavy atom. The fraction of sp³-hybridized carbons (Fsp3) is 0.250. The van der Waals surface area contributed by atoms with Crippen molar-refractivity contribution < 1.29 is 72.4 Å². The topological polar surface area (TPSA) is 111 Å². The van der Waals surface area contributed by atoms with E-state index in [2.05, 4.69) is 0 Å². The first-order valence-electron chi connectivity index (χ1n) is 11.0. The second kappa shape index (κ2) is 10.8. The van der Waals surface area contributed by atoms with Crippen LogP contribution in [0.1, 0.15) is 11.1 Å². The molecule has 0 heterocycles. The number of halogens is 12. The van der Waals surface area contributed by atoms with E-state index < -0.39 is 82.0 Å². The summed E-state index contributed by atoms with van der Waals surface area (Å²) in [6.45, 7) is 0. The number of hydrogen-bond acceptors (Lipinski definition) is 6. The molecule has 230 valence electrons. The van der Waals surface area contributed by atoms with Crippen molar-refractivity contribution in [3.05, 3.63) is 59.7 Å². The third-order valence-corrected chi connectivity index (χ3v) is 5.43. The van der Waals surface area contributed by atoms with Gasteiger partial charge < -0.3 is 31.2 Å². The number of rotatable bonds is 8. The van der Waals surface area contributed by atoms with Crippen LogP contribution in [0.25, 0.3) is 0 Å². The van der Waals surface area contributed by atoms with E-state index in [0.29, 0.717) is 12.1 Å². The average Bonchev–Trinajstić information content (AvgIpc) is 2.86. The number of nitrogen functional groups attached to an aromatic ring is 2. The Hall–Kier alpha value is -4.38. The van der Waals surface area contributed by atoms with Gasteiger partial charge in [0.1, 0.15) is 34.5 Å². The summed E-state index contributed by atoms with van der Waals surface area (Å²) >= 11 is 0. The molecule has 0 aliphatic carbocycles. The van der Waals surface area contributed by atoms with E-state index in [4.69, 9.17) is 20.9 Å². The van der Waals surface area contributed by atoms with Crippen molar-refractivity contribution in [2.75, 3.05) is 11.5 Å². The minimum absolute atomic E-state index is 0.167. The van der Waals surface area contributed by atoms with E-state index in [9.17, 15) is 62.9 Å². The fourth-order valence-electron chi connectivity index (χ4n) is 3.44. The zero-order valence-corrected chi connectivity index (χ0v) is 20.2. The summed E-state index contributed by atoms with van der Waals surface area (Å²) in [5.74, 6) is -15.9. The summed E-state index contributed by atoms with van der Waals surface area (Å²) in [5.41, 5.74) is 5.12. The third kappa shape index (κ3) is 6.41. The SMILES string of the molecule is Nc1cc(Oc2cccc(Oc3cc(N)c(O)c(C(F)(F)C(F)C(F)(F)F)c3)c2)cc(C(F)(F)C(F)C(F)(F)F)c1O. The van der Waals surface area contributed by atoms with E-state index in [1.54, 1.807) is 0 Å². The van der Waals surface area contributed by atoms with Gasteiger partial charge in [-0.05, 0) is 24.3 Å². The summed E-state index contributed by atoms with van der Waals surface area (Å²) in [4.78, 5) is 0. The minimum atomic E-state index is -6.02. The normalized spacial score (nSPS) is 14.4. The highest BCUT2D eigenvalue weighted by molar-refractivity contribution is 5.63. The van der Waals surface area contributed by atoms with Crippen molar-refractivity contribution in [3.63, 3.8) is 0 Å². The van der Waals surface area contributed by atoms with Crippen LogP contribution in [-0.2, 0) is 11.8 Å². The van der Waals surface area contributed by atoms with Crippen molar-refractivity contribution in [1.29, 1.82) is 0 Å².